The third kappa shape index (κ3) is 1.12. The molecule has 0 radical (unpaired) electrons. The Kier molecular flexibility index (Phi) is 1.96. The van der Waals surface area contributed by atoms with E-state index in [9.17, 15) is 0 Å². The first-order valence-electron chi connectivity index (χ1n) is 5.18. The van der Waals surface area contributed by atoms with Gasteiger partial charge in [-0.1, -0.05) is 13.8 Å². The lowest BCUT2D eigenvalue weighted by atomic mass is 10.1. The van der Waals surface area contributed by atoms with Crippen LogP contribution in [-0.4, -0.2) is 16.3 Å². The number of hydrogen-bond acceptors (Lipinski definition) is 2. The van der Waals surface area contributed by atoms with Crippen LogP contribution in [0.4, 0.5) is 0 Å². The standard InChI is InChI=1S/C11H19N3/c1-7-6-13-14(4)10(7)9-8(5-12)11(9,2)3/h6,8-9H,5,12H2,1-4H3/t8-,9+/m0/s1. The summed E-state index contributed by atoms with van der Waals surface area (Å²) < 4.78 is 2.00. The molecule has 0 unspecified atom stereocenters. The predicted molar refractivity (Wildman–Crippen MR) is 57.0 cm³/mol. The van der Waals surface area contributed by atoms with Crippen LogP contribution in [0.2, 0.25) is 0 Å². The molecule has 0 bridgehead atoms. The fourth-order valence-corrected chi connectivity index (χ4v) is 2.73. The van der Waals surface area contributed by atoms with Crippen LogP contribution in [0.1, 0.15) is 31.0 Å². The van der Waals surface area contributed by atoms with Crippen molar-refractivity contribution >= 4 is 0 Å². The monoisotopic (exact) mass is 193 g/mol. The van der Waals surface area contributed by atoms with Gasteiger partial charge in [-0.05, 0) is 30.4 Å². The molecule has 1 aliphatic carbocycles. The van der Waals surface area contributed by atoms with E-state index in [0.29, 0.717) is 17.3 Å². The molecule has 1 aliphatic rings. The summed E-state index contributed by atoms with van der Waals surface area (Å²) in [5.41, 5.74) is 8.79. The molecule has 0 amide bonds. The summed E-state index contributed by atoms with van der Waals surface area (Å²) in [4.78, 5) is 0. The van der Waals surface area contributed by atoms with E-state index < -0.39 is 0 Å². The average molecular weight is 193 g/mol. The minimum absolute atomic E-state index is 0.354. The van der Waals surface area contributed by atoms with Crippen molar-refractivity contribution < 1.29 is 0 Å². The fraction of sp³-hybridized carbons (Fsp3) is 0.727. The summed E-state index contributed by atoms with van der Waals surface area (Å²) >= 11 is 0. The van der Waals surface area contributed by atoms with Crippen LogP contribution in [0.5, 0.6) is 0 Å². The van der Waals surface area contributed by atoms with Gasteiger partial charge in [0, 0.05) is 18.7 Å². The minimum Gasteiger partial charge on any atom is -0.330 e. The van der Waals surface area contributed by atoms with Crippen molar-refractivity contribution in [2.24, 2.45) is 24.1 Å². The predicted octanol–water partition coefficient (Wildman–Crippen LogP) is 1.43. The third-order valence-electron chi connectivity index (χ3n) is 3.78. The number of hydrogen-bond donors (Lipinski definition) is 1. The zero-order chi connectivity index (χ0) is 10.5. The SMILES string of the molecule is Cc1cnn(C)c1[C@H]1[C@H](CN)C1(C)C. The van der Waals surface area contributed by atoms with Gasteiger partial charge >= 0.3 is 0 Å². The average Bonchev–Trinajstić information content (AvgIpc) is 2.48. The quantitative estimate of drug-likeness (QED) is 0.772. The van der Waals surface area contributed by atoms with E-state index >= 15 is 0 Å². The van der Waals surface area contributed by atoms with Crippen molar-refractivity contribution in [2.45, 2.75) is 26.7 Å². The van der Waals surface area contributed by atoms with Crippen molar-refractivity contribution in [2.75, 3.05) is 6.54 Å². The Morgan fingerprint density at radius 1 is 1.57 bits per heavy atom. The molecule has 0 spiro atoms. The topological polar surface area (TPSA) is 43.8 Å². The largest absolute Gasteiger partial charge is 0.330 e. The molecule has 3 nitrogen and oxygen atoms in total. The molecule has 1 saturated carbocycles. The summed E-state index contributed by atoms with van der Waals surface area (Å²) in [7, 11) is 2.02. The van der Waals surface area contributed by atoms with Gasteiger partial charge in [0.1, 0.15) is 0 Å². The zero-order valence-corrected chi connectivity index (χ0v) is 9.41. The second-order valence-electron chi connectivity index (χ2n) is 4.98. The highest BCUT2D eigenvalue weighted by Gasteiger charge is 2.58. The Labute approximate surface area is 85.3 Å². The molecule has 3 heteroatoms. The number of nitrogens with two attached hydrogens (primary N) is 1. The molecule has 0 saturated heterocycles. The molecule has 78 valence electrons. The zero-order valence-electron chi connectivity index (χ0n) is 9.41. The van der Waals surface area contributed by atoms with Crippen LogP contribution in [0.15, 0.2) is 6.20 Å². The molecule has 1 aromatic heterocycles. The van der Waals surface area contributed by atoms with Gasteiger partial charge in [-0.2, -0.15) is 5.10 Å². The Hall–Kier alpha value is -0.830. The van der Waals surface area contributed by atoms with Crippen molar-refractivity contribution in [1.82, 2.24) is 9.78 Å². The summed E-state index contributed by atoms with van der Waals surface area (Å²) in [6, 6.07) is 0. The summed E-state index contributed by atoms with van der Waals surface area (Å²) in [5, 5.41) is 4.29. The molecule has 1 aromatic rings. The van der Waals surface area contributed by atoms with Crippen molar-refractivity contribution in [1.29, 1.82) is 0 Å². The molecule has 2 N–H and O–H groups in total. The number of nitrogens with zero attached hydrogens (tertiary/aromatic N) is 2. The molecular weight excluding hydrogens is 174 g/mol. The van der Waals surface area contributed by atoms with Crippen LogP contribution in [-0.2, 0) is 7.05 Å². The summed E-state index contributed by atoms with van der Waals surface area (Å²) in [6.07, 6.45) is 1.94. The second kappa shape index (κ2) is 2.83. The first kappa shape index (κ1) is 9.71. The highest BCUT2D eigenvalue weighted by atomic mass is 15.3. The molecule has 14 heavy (non-hydrogen) atoms. The van der Waals surface area contributed by atoms with Gasteiger partial charge in [-0.3, -0.25) is 4.68 Å². The van der Waals surface area contributed by atoms with Gasteiger partial charge in [-0.15, -0.1) is 0 Å². The highest BCUT2D eigenvalue weighted by Crippen LogP contribution is 2.64. The molecule has 0 aliphatic heterocycles. The van der Waals surface area contributed by atoms with Crippen LogP contribution >= 0.6 is 0 Å². The van der Waals surface area contributed by atoms with E-state index in [1.165, 1.54) is 11.3 Å². The molecule has 0 aromatic carbocycles. The van der Waals surface area contributed by atoms with Crippen LogP contribution in [0.3, 0.4) is 0 Å². The molecule has 1 fully saturated rings. The maximum absolute atomic E-state index is 5.78. The van der Waals surface area contributed by atoms with E-state index in [1.807, 2.05) is 17.9 Å². The van der Waals surface area contributed by atoms with Gasteiger partial charge in [0.15, 0.2) is 0 Å². The summed E-state index contributed by atoms with van der Waals surface area (Å²) in [6.45, 7) is 7.50. The van der Waals surface area contributed by atoms with Crippen molar-refractivity contribution in [3.05, 3.63) is 17.5 Å². The number of aryl methyl sites for hydroxylation is 2. The van der Waals surface area contributed by atoms with Gasteiger partial charge in [0.05, 0.1) is 6.20 Å². The van der Waals surface area contributed by atoms with E-state index in [0.717, 1.165) is 6.54 Å². The van der Waals surface area contributed by atoms with Gasteiger partial charge in [0.25, 0.3) is 0 Å². The van der Waals surface area contributed by atoms with E-state index in [4.69, 9.17) is 5.73 Å². The van der Waals surface area contributed by atoms with Crippen LogP contribution in [0.25, 0.3) is 0 Å². The van der Waals surface area contributed by atoms with Crippen LogP contribution in [0, 0.1) is 18.3 Å². The first-order valence-corrected chi connectivity index (χ1v) is 5.18. The Morgan fingerprint density at radius 2 is 2.21 bits per heavy atom. The Balaban J connectivity index is 2.35. The minimum atomic E-state index is 0.354. The Bertz CT molecular complexity index is 332. The maximum Gasteiger partial charge on any atom is 0.0521 e. The lowest BCUT2D eigenvalue weighted by Crippen LogP contribution is -2.05. The highest BCUT2D eigenvalue weighted by molar-refractivity contribution is 5.31. The fourth-order valence-electron chi connectivity index (χ4n) is 2.73. The van der Waals surface area contributed by atoms with Crippen molar-refractivity contribution in [3.8, 4) is 0 Å². The molecule has 1 heterocycles. The lowest BCUT2D eigenvalue weighted by Gasteiger charge is -2.04. The normalized spacial score (nSPS) is 29.2. The third-order valence-corrected chi connectivity index (χ3v) is 3.78. The number of rotatable bonds is 2. The van der Waals surface area contributed by atoms with Gasteiger partial charge in [0.2, 0.25) is 0 Å². The maximum atomic E-state index is 5.78. The first-order chi connectivity index (χ1) is 6.50. The Morgan fingerprint density at radius 3 is 2.57 bits per heavy atom. The molecule has 2 rings (SSSR count). The smallest absolute Gasteiger partial charge is 0.0521 e. The molecule has 2 atom stereocenters. The van der Waals surface area contributed by atoms with E-state index in [1.54, 1.807) is 0 Å². The van der Waals surface area contributed by atoms with Crippen molar-refractivity contribution in [3.63, 3.8) is 0 Å². The van der Waals surface area contributed by atoms with Gasteiger partial charge in [-0.25, -0.2) is 0 Å². The molecular formula is C11H19N3. The number of aromatic nitrogens is 2. The van der Waals surface area contributed by atoms with E-state index in [-0.39, 0.29) is 0 Å². The van der Waals surface area contributed by atoms with E-state index in [2.05, 4.69) is 25.9 Å². The van der Waals surface area contributed by atoms with Crippen LogP contribution < -0.4 is 5.73 Å². The van der Waals surface area contributed by atoms with Gasteiger partial charge < -0.3 is 5.73 Å². The lowest BCUT2D eigenvalue weighted by molar-refractivity contribution is 0.552. The summed E-state index contributed by atoms with van der Waals surface area (Å²) in [5.74, 6) is 1.22. The second-order valence-corrected chi connectivity index (χ2v) is 4.98.